The van der Waals surface area contributed by atoms with Crippen LogP contribution in [0, 0.1) is 23.7 Å². The number of ether oxygens (including phenoxy) is 5. The van der Waals surface area contributed by atoms with Gasteiger partial charge >= 0.3 is 0 Å². The molecule has 10 heteroatoms. The number of hydrogen-bond donors (Lipinski definition) is 5. The summed E-state index contributed by atoms with van der Waals surface area (Å²) in [5.41, 5.74) is 1.42. The van der Waals surface area contributed by atoms with Crippen molar-refractivity contribution >= 4 is 0 Å². The van der Waals surface area contributed by atoms with E-state index in [1.54, 1.807) is 7.11 Å². The van der Waals surface area contributed by atoms with Crippen molar-refractivity contribution in [2.24, 2.45) is 23.7 Å². The number of allylic oxidation sites excluding steroid dienone is 5. The zero-order chi connectivity index (χ0) is 45.6. The molecule has 0 aromatic carbocycles. The van der Waals surface area contributed by atoms with E-state index in [1.807, 2.05) is 38.2 Å². The maximum atomic E-state index is 9.72. The molecular weight excluding hydrogens is 773 g/mol. The highest BCUT2D eigenvalue weighted by molar-refractivity contribution is 5.07. The second-order valence-electron chi connectivity index (χ2n) is 17.3. The minimum absolute atomic E-state index is 0.0370. The highest BCUT2D eigenvalue weighted by atomic mass is 16.5. The molecule has 10 nitrogen and oxygen atoms in total. The lowest BCUT2D eigenvalue weighted by atomic mass is 9.85. The van der Waals surface area contributed by atoms with Gasteiger partial charge in [0.05, 0.1) is 61.0 Å². The Hall–Kier alpha value is -1.70. The molecule has 0 heterocycles. The van der Waals surface area contributed by atoms with Gasteiger partial charge in [0.1, 0.15) is 0 Å². The summed E-state index contributed by atoms with van der Waals surface area (Å²) < 4.78 is 27.1. The van der Waals surface area contributed by atoms with E-state index in [0.717, 1.165) is 122 Å². The Morgan fingerprint density at radius 2 is 0.869 bits per heavy atom. The molecule has 0 spiro atoms. The normalized spacial score (nSPS) is 35.5. The van der Waals surface area contributed by atoms with Gasteiger partial charge in [-0.15, -0.1) is 26.3 Å². The van der Waals surface area contributed by atoms with E-state index >= 15 is 0 Å². The van der Waals surface area contributed by atoms with Gasteiger partial charge in [0, 0.05) is 33.5 Å². The Bertz CT molecular complexity index is 1160. The topological polar surface area (TPSA) is 147 Å². The number of rotatable bonds is 15. The highest BCUT2D eigenvalue weighted by Crippen LogP contribution is 2.30. The minimum Gasteiger partial charge on any atom is -0.390 e. The number of hydrogen-bond acceptors (Lipinski definition) is 10. The Kier molecular flexibility index (Phi) is 32.6. The average molecular weight is 865 g/mol. The first-order chi connectivity index (χ1) is 29.4. The standard InChI is InChI=1S/2C11H20O2.2C10H18O2.C9H16O2/c1-3-7-13-11-6-5-9(4-2)8-10(11)12;1-3-7-13-11-8-9(4-2)5-6-10(11)12;1-3-8-5-6-10(12-4-2)9(11)7-8;1-3-8-5-6-9(11)10(7-8)12-4-2;1-3-7-4-5-9(11-2)8(10)6-7/h2*4,9-12H,2-3,5-8H2,1H3;3,8-11H,1,4-7H2,2H3;3,9-11H,4-7H2,1-2H3;3,7-10H,1,4-6H2,2H3/b;;;8-3+;. The van der Waals surface area contributed by atoms with Crippen LogP contribution >= 0.6 is 0 Å². The second kappa shape index (κ2) is 34.7. The quantitative estimate of drug-likeness (QED) is 0.101. The molecule has 0 aliphatic heterocycles. The van der Waals surface area contributed by atoms with E-state index in [2.05, 4.69) is 53.2 Å². The van der Waals surface area contributed by atoms with Crippen molar-refractivity contribution in [1.29, 1.82) is 0 Å². The Morgan fingerprint density at radius 1 is 0.475 bits per heavy atom. The van der Waals surface area contributed by atoms with Gasteiger partial charge in [-0.1, -0.05) is 49.8 Å². The molecule has 0 radical (unpaired) electrons. The van der Waals surface area contributed by atoms with E-state index < -0.39 is 0 Å². The van der Waals surface area contributed by atoms with Crippen LogP contribution in [0.1, 0.15) is 144 Å². The molecule has 0 amide bonds. The summed E-state index contributed by atoms with van der Waals surface area (Å²) in [5.74, 6) is 1.98. The summed E-state index contributed by atoms with van der Waals surface area (Å²) in [6, 6.07) is 0. The van der Waals surface area contributed by atoms with E-state index in [4.69, 9.17) is 23.7 Å². The number of aliphatic hydroxyl groups is 5. The molecule has 356 valence electrons. The first-order valence-corrected chi connectivity index (χ1v) is 23.9. The van der Waals surface area contributed by atoms with Gasteiger partial charge < -0.3 is 49.2 Å². The van der Waals surface area contributed by atoms with Crippen molar-refractivity contribution in [2.45, 2.75) is 205 Å². The predicted octanol–water partition coefficient (Wildman–Crippen LogP) is 9.23. The monoisotopic (exact) mass is 865 g/mol. The fraction of sp³-hybridized carbons (Fsp3) is 0.804. The van der Waals surface area contributed by atoms with E-state index in [1.165, 1.54) is 5.57 Å². The van der Waals surface area contributed by atoms with Crippen LogP contribution in [-0.2, 0) is 23.7 Å². The third-order valence-corrected chi connectivity index (χ3v) is 12.7. The molecule has 0 saturated heterocycles. The van der Waals surface area contributed by atoms with Crippen LogP contribution in [0.5, 0.6) is 0 Å². The summed E-state index contributed by atoms with van der Waals surface area (Å²) in [6.07, 6.45) is 25.1. The third-order valence-electron chi connectivity index (χ3n) is 12.7. The van der Waals surface area contributed by atoms with Gasteiger partial charge in [0.15, 0.2) is 0 Å². The van der Waals surface area contributed by atoms with Crippen LogP contribution in [-0.4, -0.2) is 120 Å². The van der Waals surface area contributed by atoms with Gasteiger partial charge in [-0.3, -0.25) is 0 Å². The average Bonchev–Trinajstić information content (AvgIpc) is 3.28. The molecule has 5 saturated carbocycles. The van der Waals surface area contributed by atoms with Crippen molar-refractivity contribution in [1.82, 2.24) is 0 Å². The van der Waals surface area contributed by atoms with E-state index in [9.17, 15) is 25.5 Å². The number of aliphatic hydroxyl groups excluding tert-OH is 5. The minimum atomic E-state index is -0.295. The molecule has 5 rings (SSSR count). The van der Waals surface area contributed by atoms with Crippen molar-refractivity contribution in [2.75, 3.05) is 33.5 Å². The molecule has 14 unspecified atom stereocenters. The van der Waals surface area contributed by atoms with Gasteiger partial charge in [0.2, 0.25) is 0 Å². The molecule has 5 N–H and O–H groups in total. The van der Waals surface area contributed by atoms with Gasteiger partial charge in [-0.25, -0.2) is 0 Å². The lowest BCUT2D eigenvalue weighted by Gasteiger charge is -2.31. The summed E-state index contributed by atoms with van der Waals surface area (Å²) in [4.78, 5) is 0. The zero-order valence-electron chi connectivity index (χ0n) is 39.4. The van der Waals surface area contributed by atoms with E-state index in [0.29, 0.717) is 36.9 Å². The Morgan fingerprint density at radius 3 is 1.28 bits per heavy atom. The molecule has 14 atom stereocenters. The van der Waals surface area contributed by atoms with Crippen LogP contribution in [0.25, 0.3) is 0 Å². The molecule has 5 aliphatic carbocycles. The molecule has 61 heavy (non-hydrogen) atoms. The van der Waals surface area contributed by atoms with Crippen molar-refractivity contribution in [3.8, 4) is 0 Å². The Balaban J connectivity index is 0.000000382. The van der Waals surface area contributed by atoms with Gasteiger partial charge in [0.25, 0.3) is 0 Å². The lowest BCUT2D eigenvalue weighted by molar-refractivity contribution is -0.0661. The molecule has 5 aliphatic rings. The largest absolute Gasteiger partial charge is 0.390 e. The second-order valence-corrected chi connectivity index (χ2v) is 17.3. The van der Waals surface area contributed by atoms with Crippen LogP contribution in [0.2, 0.25) is 0 Å². The first kappa shape index (κ1) is 57.3. The maximum Gasteiger partial charge on any atom is 0.0870 e. The van der Waals surface area contributed by atoms with Crippen LogP contribution in [0.3, 0.4) is 0 Å². The molecule has 5 fully saturated rings. The SMILES string of the molecule is C/C=C1\CCC(O)C(OCC)C1.C=CC1CCC(O)C(OCCC)C1.C=CC1CCC(OC)C(O)C1.C=CC1CCC(OCC)C(O)C1.C=CC1CCC(OCCC)C(O)C1. The first-order valence-electron chi connectivity index (χ1n) is 23.9. The summed E-state index contributed by atoms with van der Waals surface area (Å²) in [7, 11) is 1.65. The van der Waals surface area contributed by atoms with Gasteiger partial charge in [-0.05, 0) is 154 Å². The van der Waals surface area contributed by atoms with Crippen molar-refractivity contribution in [3.05, 3.63) is 62.3 Å². The van der Waals surface area contributed by atoms with Crippen LogP contribution < -0.4 is 0 Å². The molecule has 0 aromatic heterocycles. The third kappa shape index (κ3) is 23.2. The predicted molar refractivity (Wildman–Crippen MR) is 249 cm³/mol. The fourth-order valence-electron chi connectivity index (χ4n) is 8.71. The molecule has 0 aromatic rings. The molecular formula is C51H92O10. The summed E-state index contributed by atoms with van der Waals surface area (Å²) >= 11 is 0. The smallest absolute Gasteiger partial charge is 0.0870 e. The Labute approximate surface area is 372 Å². The molecule has 0 bridgehead atoms. The highest BCUT2D eigenvalue weighted by Gasteiger charge is 2.31. The summed E-state index contributed by atoms with van der Waals surface area (Å²) in [6.45, 7) is 28.1. The number of methoxy groups -OCH3 is 1. The van der Waals surface area contributed by atoms with Crippen LogP contribution in [0.4, 0.5) is 0 Å². The zero-order valence-corrected chi connectivity index (χ0v) is 39.4. The van der Waals surface area contributed by atoms with Gasteiger partial charge in [-0.2, -0.15) is 0 Å². The lowest BCUT2D eigenvalue weighted by Crippen LogP contribution is -2.35. The summed E-state index contributed by atoms with van der Waals surface area (Å²) in [5, 5.41) is 48.1. The van der Waals surface area contributed by atoms with Crippen molar-refractivity contribution in [3.63, 3.8) is 0 Å². The fourth-order valence-corrected chi connectivity index (χ4v) is 8.71. The van der Waals surface area contributed by atoms with Crippen molar-refractivity contribution < 1.29 is 49.2 Å². The maximum absolute atomic E-state index is 9.72. The van der Waals surface area contributed by atoms with E-state index in [-0.39, 0.29) is 61.0 Å². The van der Waals surface area contributed by atoms with Crippen LogP contribution in [0.15, 0.2) is 62.3 Å².